The van der Waals surface area contributed by atoms with E-state index in [-0.39, 0.29) is 11.4 Å². The van der Waals surface area contributed by atoms with Gasteiger partial charge in [0, 0.05) is 23.6 Å². The summed E-state index contributed by atoms with van der Waals surface area (Å²) in [6.07, 6.45) is -0.928. The van der Waals surface area contributed by atoms with Crippen LogP contribution in [0.15, 0.2) is 63.8 Å². The molecule has 3 aromatic rings. The minimum Gasteiger partial charge on any atom is -0.481 e. The number of ether oxygens (including phenoxy) is 1. The quantitative estimate of drug-likeness (QED) is 0.428. The van der Waals surface area contributed by atoms with Crippen LogP contribution in [0.25, 0.3) is 11.0 Å². The summed E-state index contributed by atoms with van der Waals surface area (Å²) in [6.45, 7) is 1.51. The van der Waals surface area contributed by atoms with Crippen LogP contribution in [0.5, 0.6) is 5.75 Å². The first-order valence-electron chi connectivity index (χ1n) is 7.69. The molecule has 0 radical (unpaired) electrons. The highest BCUT2D eigenvalue weighted by atomic mass is 16.6. The van der Waals surface area contributed by atoms with Crippen LogP contribution in [-0.2, 0) is 4.79 Å². The fraction of sp³-hybridized carbons (Fsp3) is 0.111. The van der Waals surface area contributed by atoms with Crippen LogP contribution >= 0.6 is 0 Å². The Morgan fingerprint density at radius 2 is 1.92 bits per heavy atom. The normalized spacial score (nSPS) is 11.7. The van der Waals surface area contributed by atoms with Crippen LogP contribution in [0, 0.1) is 10.1 Å². The van der Waals surface area contributed by atoms with Crippen molar-refractivity contribution in [3.05, 3.63) is 75.1 Å². The molecular weight excluding hydrogens is 340 g/mol. The second kappa shape index (κ2) is 7.06. The molecule has 1 N–H and O–H groups in total. The molecule has 3 rings (SSSR count). The van der Waals surface area contributed by atoms with Gasteiger partial charge in [-0.2, -0.15) is 0 Å². The lowest BCUT2D eigenvalue weighted by Crippen LogP contribution is -2.30. The van der Waals surface area contributed by atoms with E-state index in [0.717, 1.165) is 0 Å². The minimum absolute atomic E-state index is 0.0856. The van der Waals surface area contributed by atoms with Gasteiger partial charge in [-0.25, -0.2) is 4.79 Å². The van der Waals surface area contributed by atoms with Crippen LogP contribution in [0.2, 0.25) is 0 Å². The second-order valence-corrected chi connectivity index (χ2v) is 5.48. The number of amides is 1. The van der Waals surface area contributed by atoms with Crippen molar-refractivity contribution in [2.75, 3.05) is 5.32 Å². The van der Waals surface area contributed by atoms with Crippen molar-refractivity contribution in [3.63, 3.8) is 0 Å². The molecule has 0 fully saturated rings. The summed E-state index contributed by atoms with van der Waals surface area (Å²) in [6, 6.07) is 13.6. The number of carbonyl (C=O) groups excluding carboxylic acids is 1. The van der Waals surface area contributed by atoms with Crippen molar-refractivity contribution in [1.82, 2.24) is 0 Å². The Kier molecular flexibility index (Phi) is 4.66. The Labute approximate surface area is 147 Å². The van der Waals surface area contributed by atoms with E-state index < -0.39 is 22.6 Å². The third kappa shape index (κ3) is 3.69. The van der Waals surface area contributed by atoms with Crippen molar-refractivity contribution in [2.45, 2.75) is 13.0 Å². The summed E-state index contributed by atoms with van der Waals surface area (Å²) in [5, 5.41) is 14.2. The van der Waals surface area contributed by atoms with Gasteiger partial charge >= 0.3 is 5.63 Å². The van der Waals surface area contributed by atoms with Crippen molar-refractivity contribution < 1.29 is 18.9 Å². The molecule has 0 aliphatic carbocycles. The monoisotopic (exact) mass is 354 g/mol. The summed E-state index contributed by atoms with van der Waals surface area (Å²) >= 11 is 0. The standard InChI is InChI=1S/C18H14N2O6/c1-11(18(22)19-14-4-2-3-5-15(14)20(23)24)25-13-8-6-12-7-9-17(21)26-16(12)10-13/h2-11H,1H3,(H,19,22)/t11-/m0/s1. The smallest absolute Gasteiger partial charge is 0.336 e. The fourth-order valence-corrected chi connectivity index (χ4v) is 2.34. The summed E-state index contributed by atoms with van der Waals surface area (Å²) in [5.41, 5.74) is -0.277. The first-order chi connectivity index (χ1) is 12.4. The number of para-hydroxylation sites is 2. The first kappa shape index (κ1) is 17.2. The van der Waals surface area contributed by atoms with Crippen LogP contribution in [0.3, 0.4) is 0 Å². The Balaban J connectivity index is 1.75. The zero-order chi connectivity index (χ0) is 18.7. The van der Waals surface area contributed by atoms with E-state index >= 15 is 0 Å². The largest absolute Gasteiger partial charge is 0.481 e. The van der Waals surface area contributed by atoms with Crippen LogP contribution in [0.1, 0.15) is 6.92 Å². The third-order valence-electron chi connectivity index (χ3n) is 3.64. The summed E-state index contributed by atoms with van der Waals surface area (Å²) in [4.78, 5) is 34.0. The average Bonchev–Trinajstić information content (AvgIpc) is 2.61. The topological polar surface area (TPSA) is 112 Å². The molecule has 1 aromatic heterocycles. The molecule has 1 heterocycles. The van der Waals surface area contributed by atoms with E-state index in [4.69, 9.17) is 9.15 Å². The number of fused-ring (bicyclic) bond motifs is 1. The number of nitrogens with one attached hydrogen (secondary N) is 1. The third-order valence-corrected chi connectivity index (χ3v) is 3.64. The highest BCUT2D eigenvalue weighted by Gasteiger charge is 2.20. The maximum absolute atomic E-state index is 12.3. The minimum atomic E-state index is -0.928. The maximum atomic E-state index is 12.3. The maximum Gasteiger partial charge on any atom is 0.336 e. The van der Waals surface area contributed by atoms with Crippen LogP contribution < -0.4 is 15.7 Å². The number of nitro benzene ring substituents is 1. The lowest BCUT2D eigenvalue weighted by Gasteiger charge is -2.15. The number of carbonyl (C=O) groups is 1. The molecule has 2 aromatic carbocycles. The van der Waals surface area contributed by atoms with Crippen molar-refractivity contribution in [1.29, 1.82) is 0 Å². The number of hydrogen-bond donors (Lipinski definition) is 1. The molecule has 0 unspecified atom stereocenters. The molecule has 0 bridgehead atoms. The highest BCUT2D eigenvalue weighted by molar-refractivity contribution is 5.96. The van der Waals surface area contributed by atoms with Gasteiger partial charge in [0.05, 0.1) is 4.92 Å². The van der Waals surface area contributed by atoms with Gasteiger partial charge in [-0.1, -0.05) is 12.1 Å². The number of anilines is 1. The molecular formula is C18H14N2O6. The number of rotatable bonds is 5. The molecule has 132 valence electrons. The summed E-state index contributed by atoms with van der Waals surface area (Å²) in [5.74, 6) is -0.217. The Bertz CT molecular complexity index is 1040. The molecule has 0 saturated heterocycles. The number of benzene rings is 2. The lowest BCUT2D eigenvalue weighted by atomic mass is 10.2. The molecule has 26 heavy (non-hydrogen) atoms. The molecule has 0 spiro atoms. The van der Waals surface area contributed by atoms with Gasteiger partial charge < -0.3 is 14.5 Å². The zero-order valence-corrected chi connectivity index (χ0v) is 13.7. The van der Waals surface area contributed by atoms with Crippen molar-refractivity contribution >= 4 is 28.3 Å². The Hall–Kier alpha value is -3.68. The van der Waals surface area contributed by atoms with Gasteiger partial charge in [0.15, 0.2) is 6.10 Å². The van der Waals surface area contributed by atoms with Crippen LogP contribution in [0.4, 0.5) is 11.4 Å². The number of nitrogens with zero attached hydrogens (tertiary/aromatic N) is 1. The molecule has 8 heteroatoms. The predicted octanol–water partition coefficient (Wildman–Crippen LogP) is 3.11. The van der Waals surface area contributed by atoms with E-state index in [1.165, 1.54) is 37.3 Å². The summed E-state index contributed by atoms with van der Waals surface area (Å²) in [7, 11) is 0. The molecule has 0 aliphatic heterocycles. The fourth-order valence-electron chi connectivity index (χ4n) is 2.34. The summed E-state index contributed by atoms with van der Waals surface area (Å²) < 4.78 is 10.6. The highest BCUT2D eigenvalue weighted by Crippen LogP contribution is 2.24. The second-order valence-electron chi connectivity index (χ2n) is 5.48. The van der Waals surface area contributed by atoms with Gasteiger partial charge in [-0.05, 0) is 31.2 Å². The zero-order valence-electron chi connectivity index (χ0n) is 13.7. The van der Waals surface area contributed by atoms with Gasteiger partial charge in [0.1, 0.15) is 17.0 Å². The Morgan fingerprint density at radius 1 is 1.19 bits per heavy atom. The van der Waals surface area contributed by atoms with E-state index in [2.05, 4.69) is 5.32 Å². The SMILES string of the molecule is C[C@H](Oc1ccc2ccc(=O)oc2c1)C(=O)Nc1ccccc1[N+](=O)[O-]. The number of hydrogen-bond acceptors (Lipinski definition) is 6. The van der Waals surface area contributed by atoms with Gasteiger partial charge in [-0.15, -0.1) is 0 Å². The van der Waals surface area contributed by atoms with E-state index in [9.17, 15) is 19.7 Å². The predicted molar refractivity (Wildman–Crippen MR) is 94.3 cm³/mol. The van der Waals surface area contributed by atoms with E-state index in [1.807, 2.05) is 0 Å². The van der Waals surface area contributed by atoms with Crippen molar-refractivity contribution in [3.8, 4) is 5.75 Å². The number of nitro groups is 1. The molecule has 0 aliphatic rings. The molecule has 1 amide bonds. The van der Waals surface area contributed by atoms with E-state index in [1.54, 1.807) is 24.3 Å². The van der Waals surface area contributed by atoms with E-state index in [0.29, 0.717) is 16.7 Å². The first-order valence-corrected chi connectivity index (χ1v) is 7.69. The van der Waals surface area contributed by atoms with Crippen molar-refractivity contribution in [2.24, 2.45) is 0 Å². The Morgan fingerprint density at radius 3 is 2.69 bits per heavy atom. The molecule has 8 nitrogen and oxygen atoms in total. The molecule has 0 saturated carbocycles. The lowest BCUT2D eigenvalue weighted by molar-refractivity contribution is -0.383. The van der Waals surface area contributed by atoms with Gasteiger partial charge in [0.25, 0.3) is 11.6 Å². The van der Waals surface area contributed by atoms with Gasteiger partial charge in [-0.3, -0.25) is 14.9 Å². The average molecular weight is 354 g/mol. The molecule has 1 atom stereocenters. The van der Waals surface area contributed by atoms with Crippen LogP contribution in [-0.4, -0.2) is 16.9 Å². The van der Waals surface area contributed by atoms with Gasteiger partial charge in [0.2, 0.25) is 0 Å².